The predicted molar refractivity (Wildman–Crippen MR) is 139 cm³/mol. The van der Waals surface area contributed by atoms with Gasteiger partial charge >= 0.3 is 11.9 Å². The molecule has 1 fully saturated rings. The van der Waals surface area contributed by atoms with Gasteiger partial charge in [-0.05, 0) is 43.2 Å². The smallest absolute Gasteiger partial charge is 0.350 e. The number of nitrogens with zero attached hydrogens (tertiary/aromatic N) is 2. The molecule has 1 aliphatic rings. The van der Waals surface area contributed by atoms with Gasteiger partial charge in [0.1, 0.15) is 16.4 Å². The first-order chi connectivity index (χ1) is 17.3. The summed E-state index contributed by atoms with van der Waals surface area (Å²) in [7, 11) is 1.26. The van der Waals surface area contributed by atoms with Gasteiger partial charge in [-0.2, -0.15) is 0 Å². The second kappa shape index (κ2) is 10.6. The van der Waals surface area contributed by atoms with E-state index in [1.807, 2.05) is 13.0 Å². The van der Waals surface area contributed by atoms with Crippen molar-refractivity contribution < 1.29 is 29.0 Å². The Balaban J connectivity index is 1.90. The molecule has 1 amide bonds. The molecule has 2 heterocycles. The lowest BCUT2D eigenvalue weighted by Gasteiger charge is -2.23. The van der Waals surface area contributed by atoms with Crippen LogP contribution in [0.2, 0.25) is 0 Å². The second-order valence-electron chi connectivity index (χ2n) is 8.00. The number of aryl methyl sites for hydroxylation is 1. The minimum absolute atomic E-state index is 0.0850. The van der Waals surface area contributed by atoms with Crippen molar-refractivity contribution in [2.24, 2.45) is 0 Å². The molecule has 36 heavy (non-hydrogen) atoms. The van der Waals surface area contributed by atoms with Crippen molar-refractivity contribution in [3.63, 3.8) is 0 Å². The number of aliphatic hydroxyl groups is 1. The molecule has 0 saturated carbocycles. The Labute approximate surface area is 220 Å². The van der Waals surface area contributed by atoms with Gasteiger partial charge in [0.05, 0.1) is 31.0 Å². The third-order valence-corrected chi connectivity index (χ3v) is 7.18. The van der Waals surface area contributed by atoms with E-state index in [1.165, 1.54) is 12.0 Å². The van der Waals surface area contributed by atoms with Crippen molar-refractivity contribution in [3.05, 3.63) is 80.3 Å². The van der Waals surface area contributed by atoms with Crippen LogP contribution in [0.1, 0.15) is 45.9 Å². The van der Waals surface area contributed by atoms with Crippen molar-refractivity contribution in [1.82, 2.24) is 4.98 Å². The van der Waals surface area contributed by atoms with Gasteiger partial charge in [0, 0.05) is 10.0 Å². The number of anilines is 1. The average molecular weight is 571 g/mol. The van der Waals surface area contributed by atoms with E-state index >= 15 is 0 Å². The number of ketones is 1. The number of esters is 1. The van der Waals surface area contributed by atoms with E-state index in [2.05, 4.69) is 20.9 Å². The molecule has 1 N–H and O–H groups in total. The molecule has 1 atom stereocenters. The molecule has 1 unspecified atom stereocenters. The number of halogens is 1. The van der Waals surface area contributed by atoms with Gasteiger partial charge in [-0.25, -0.2) is 9.78 Å². The van der Waals surface area contributed by atoms with Crippen LogP contribution in [0.5, 0.6) is 5.75 Å². The Morgan fingerprint density at radius 3 is 2.64 bits per heavy atom. The van der Waals surface area contributed by atoms with Crippen LogP contribution < -0.4 is 9.64 Å². The molecule has 8 nitrogen and oxygen atoms in total. The van der Waals surface area contributed by atoms with Gasteiger partial charge in [0.25, 0.3) is 5.78 Å². The Bertz CT molecular complexity index is 1380. The maximum absolute atomic E-state index is 13.3. The number of methoxy groups -OCH3 is 1. The number of amides is 1. The SMILES string of the molecule is CCCOc1cccc(C(O)=C2C(=O)C(=O)N(c3nc(C)c(C(=O)OC)s3)C2c2cccc(Br)c2)c1. The van der Waals surface area contributed by atoms with Crippen LogP contribution in [0.25, 0.3) is 5.76 Å². The molecule has 186 valence electrons. The number of rotatable bonds is 7. The fourth-order valence-electron chi connectivity index (χ4n) is 3.90. The first-order valence-corrected chi connectivity index (χ1v) is 12.7. The highest BCUT2D eigenvalue weighted by Gasteiger charge is 2.48. The van der Waals surface area contributed by atoms with Crippen LogP contribution in [-0.4, -0.2) is 41.5 Å². The van der Waals surface area contributed by atoms with E-state index in [1.54, 1.807) is 49.4 Å². The zero-order valence-electron chi connectivity index (χ0n) is 19.8. The van der Waals surface area contributed by atoms with Crippen LogP contribution in [0, 0.1) is 6.92 Å². The third kappa shape index (κ3) is 4.78. The molecule has 4 rings (SSSR count). The zero-order chi connectivity index (χ0) is 26.0. The summed E-state index contributed by atoms with van der Waals surface area (Å²) in [4.78, 5) is 44.7. The fraction of sp³-hybridized carbons (Fsp3) is 0.231. The predicted octanol–water partition coefficient (Wildman–Crippen LogP) is 5.42. The van der Waals surface area contributed by atoms with E-state index in [0.717, 1.165) is 22.2 Å². The van der Waals surface area contributed by atoms with Crippen molar-refractivity contribution >= 4 is 55.8 Å². The minimum Gasteiger partial charge on any atom is -0.507 e. The minimum atomic E-state index is -0.973. The normalized spacial score (nSPS) is 16.9. The topological polar surface area (TPSA) is 106 Å². The standard InChI is InChI=1S/C26H23BrN2O6S/c1-4-11-35-18-10-6-8-16(13-18)21(30)19-20(15-7-5-9-17(27)12-15)29(24(32)22(19)31)26-28-14(2)23(36-26)25(33)34-3/h5-10,12-13,20,30H,4,11H2,1-3H3. The highest BCUT2D eigenvalue weighted by Crippen LogP contribution is 2.44. The highest BCUT2D eigenvalue weighted by atomic mass is 79.9. The van der Waals surface area contributed by atoms with Gasteiger partial charge in [0.2, 0.25) is 0 Å². The number of carbonyl (C=O) groups is 3. The maximum atomic E-state index is 13.3. The molecular weight excluding hydrogens is 548 g/mol. The van der Waals surface area contributed by atoms with Crippen LogP contribution in [0.3, 0.4) is 0 Å². The zero-order valence-corrected chi connectivity index (χ0v) is 22.2. The number of ether oxygens (including phenoxy) is 2. The molecule has 0 radical (unpaired) electrons. The van der Waals surface area contributed by atoms with Crippen LogP contribution in [0.15, 0.2) is 58.6 Å². The summed E-state index contributed by atoms with van der Waals surface area (Å²) in [6.07, 6.45) is 0.811. The molecule has 10 heteroatoms. The molecule has 0 bridgehead atoms. The first kappa shape index (κ1) is 25.6. The summed E-state index contributed by atoms with van der Waals surface area (Å²) in [5.41, 5.74) is 1.21. The van der Waals surface area contributed by atoms with Crippen molar-refractivity contribution in [3.8, 4) is 5.75 Å². The molecule has 0 aliphatic carbocycles. The van der Waals surface area contributed by atoms with E-state index in [0.29, 0.717) is 29.2 Å². The van der Waals surface area contributed by atoms with E-state index < -0.39 is 23.7 Å². The molecule has 1 aliphatic heterocycles. The number of aromatic nitrogens is 1. The Morgan fingerprint density at radius 1 is 1.19 bits per heavy atom. The summed E-state index contributed by atoms with van der Waals surface area (Å²) in [5.74, 6) is -2.10. The largest absolute Gasteiger partial charge is 0.507 e. The van der Waals surface area contributed by atoms with Gasteiger partial charge in [-0.15, -0.1) is 0 Å². The summed E-state index contributed by atoms with van der Waals surface area (Å²) in [6, 6.07) is 12.9. The molecule has 3 aromatic rings. The van der Waals surface area contributed by atoms with Crippen molar-refractivity contribution in [1.29, 1.82) is 0 Å². The summed E-state index contributed by atoms with van der Waals surface area (Å²) in [5, 5.41) is 11.5. The fourth-order valence-corrected chi connectivity index (χ4v) is 5.33. The van der Waals surface area contributed by atoms with Gasteiger partial charge in [-0.3, -0.25) is 14.5 Å². The molecule has 0 spiro atoms. The third-order valence-electron chi connectivity index (χ3n) is 5.55. The monoisotopic (exact) mass is 570 g/mol. The first-order valence-electron chi connectivity index (χ1n) is 11.1. The molecule has 2 aromatic carbocycles. The molecule has 1 saturated heterocycles. The summed E-state index contributed by atoms with van der Waals surface area (Å²) >= 11 is 4.39. The quantitative estimate of drug-likeness (QED) is 0.175. The van der Waals surface area contributed by atoms with E-state index in [9.17, 15) is 19.5 Å². The maximum Gasteiger partial charge on any atom is 0.350 e. The van der Waals surface area contributed by atoms with Crippen LogP contribution in [0.4, 0.5) is 5.13 Å². The Hall–Kier alpha value is -3.50. The number of carbonyl (C=O) groups excluding carboxylic acids is 3. The molecular formula is C26H23BrN2O6S. The number of thiazole rings is 1. The number of aliphatic hydroxyl groups excluding tert-OH is 1. The number of Topliss-reactive ketones (excluding diaryl/α,β-unsaturated/α-hetero) is 1. The Morgan fingerprint density at radius 2 is 1.94 bits per heavy atom. The number of hydrogen-bond acceptors (Lipinski definition) is 8. The van der Waals surface area contributed by atoms with Gasteiger partial charge < -0.3 is 14.6 Å². The van der Waals surface area contributed by atoms with Crippen LogP contribution >= 0.6 is 27.3 Å². The van der Waals surface area contributed by atoms with E-state index in [-0.39, 0.29) is 21.3 Å². The van der Waals surface area contributed by atoms with E-state index in [4.69, 9.17) is 9.47 Å². The van der Waals surface area contributed by atoms with Gasteiger partial charge in [0.15, 0.2) is 5.13 Å². The Kier molecular flexibility index (Phi) is 7.56. The summed E-state index contributed by atoms with van der Waals surface area (Å²) < 4.78 is 11.2. The van der Waals surface area contributed by atoms with Gasteiger partial charge in [-0.1, -0.05) is 58.5 Å². The second-order valence-corrected chi connectivity index (χ2v) is 9.90. The lowest BCUT2D eigenvalue weighted by molar-refractivity contribution is -0.132. The lowest BCUT2D eigenvalue weighted by Crippen LogP contribution is -2.29. The number of benzene rings is 2. The molecule has 1 aromatic heterocycles. The number of hydrogen-bond donors (Lipinski definition) is 1. The van der Waals surface area contributed by atoms with Crippen molar-refractivity contribution in [2.75, 3.05) is 18.6 Å². The summed E-state index contributed by atoms with van der Waals surface area (Å²) in [6.45, 7) is 4.10. The average Bonchev–Trinajstić information content (AvgIpc) is 3.38. The lowest BCUT2D eigenvalue weighted by atomic mass is 9.95. The highest BCUT2D eigenvalue weighted by molar-refractivity contribution is 9.10. The van der Waals surface area contributed by atoms with Crippen LogP contribution in [-0.2, 0) is 14.3 Å². The van der Waals surface area contributed by atoms with Crippen molar-refractivity contribution in [2.45, 2.75) is 26.3 Å².